The van der Waals surface area contributed by atoms with Crippen molar-refractivity contribution in [2.45, 2.75) is 58.3 Å². The maximum absolute atomic E-state index is 10.5. The van der Waals surface area contributed by atoms with Gasteiger partial charge in [0.15, 0.2) is 0 Å². The van der Waals surface area contributed by atoms with Crippen LogP contribution in [0, 0.1) is 0 Å². The number of aryl methyl sites for hydroxylation is 1. The molecule has 2 N–H and O–H groups in total. The summed E-state index contributed by atoms with van der Waals surface area (Å²) in [5.74, 6) is 0.840. The van der Waals surface area contributed by atoms with Crippen LogP contribution in [0.4, 0.5) is 0 Å². The molecule has 0 unspecified atom stereocenters. The van der Waals surface area contributed by atoms with E-state index < -0.39 is 6.10 Å². The van der Waals surface area contributed by atoms with Gasteiger partial charge in [0.05, 0.1) is 12.2 Å². The smallest absolute Gasteiger partial charge is 0.119 e. The first-order valence-corrected chi connectivity index (χ1v) is 9.28. The van der Waals surface area contributed by atoms with Crippen molar-refractivity contribution in [3.63, 3.8) is 0 Å². The van der Waals surface area contributed by atoms with E-state index in [0.717, 1.165) is 37.1 Å². The van der Waals surface area contributed by atoms with Crippen molar-refractivity contribution in [3.05, 3.63) is 65.7 Å². The Balaban J connectivity index is 1.69. The topological polar surface area (TPSA) is 41.5 Å². The van der Waals surface area contributed by atoms with Crippen LogP contribution < -0.4 is 10.1 Å². The second-order valence-corrected chi connectivity index (χ2v) is 6.87. The highest BCUT2D eigenvalue weighted by atomic mass is 16.5. The Hall–Kier alpha value is -1.84. The number of unbranched alkanes of at least 4 members (excludes halogenated alkanes) is 1. The minimum atomic E-state index is -0.512. The van der Waals surface area contributed by atoms with Gasteiger partial charge in [0.2, 0.25) is 0 Å². The minimum Gasteiger partial charge on any atom is -0.491 e. The third-order valence-corrected chi connectivity index (χ3v) is 4.27. The maximum atomic E-state index is 10.5. The molecule has 0 fully saturated rings. The van der Waals surface area contributed by atoms with Gasteiger partial charge in [-0.2, -0.15) is 0 Å². The average Bonchev–Trinajstić information content (AvgIpc) is 2.61. The van der Waals surface area contributed by atoms with Gasteiger partial charge >= 0.3 is 0 Å². The van der Waals surface area contributed by atoms with Gasteiger partial charge in [0, 0.05) is 6.04 Å². The van der Waals surface area contributed by atoms with Gasteiger partial charge in [-0.1, -0.05) is 42.5 Å². The van der Waals surface area contributed by atoms with Crippen LogP contribution in [0.3, 0.4) is 0 Å². The number of benzene rings is 2. The van der Waals surface area contributed by atoms with Crippen LogP contribution in [0.25, 0.3) is 0 Å². The van der Waals surface area contributed by atoms with E-state index in [9.17, 15) is 5.11 Å². The van der Waals surface area contributed by atoms with E-state index in [-0.39, 0.29) is 12.1 Å². The van der Waals surface area contributed by atoms with E-state index in [2.05, 4.69) is 35.6 Å². The van der Waals surface area contributed by atoms with Crippen molar-refractivity contribution in [2.24, 2.45) is 0 Å². The molecule has 0 aliphatic rings. The summed E-state index contributed by atoms with van der Waals surface area (Å²) in [5, 5.41) is 13.9. The van der Waals surface area contributed by atoms with E-state index in [1.165, 1.54) is 5.56 Å². The Kier molecular flexibility index (Phi) is 7.96. The van der Waals surface area contributed by atoms with Crippen LogP contribution >= 0.6 is 0 Å². The van der Waals surface area contributed by atoms with E-state index in [0.29, 0.717) is 0 Å². The van der Waals surface area contributed by atoms with Crippen LogP contribution in [0.1, 0.15) is 50.8 Å². The van der Waals surface area contributed by atoms with Crippen molar-refractivity contribution in [2.75, 3.05) is 6.54 Å². The molecule has 0 radical (unpaired) electrons. The van der Waals surface area contributed by atoms with Gasteiger partial charge < -0.3 is 15.2 Å². The normalized spacial score (nSPS) is 13.6. The van der Waals surface area contributed by atoms with Gasteiger partial charge in [0.1, 0.15) is 5.75 Å². The quantitative estimate of drug-likeness (QED) is 0.625. The van der Waals surface area contributed by atoms with E-state index in [1.807, 2.05) is 45.0 Å². The number of rotatable bonds is 10. The largest absolute Gasteiger partial charge is 0.491 e. The average molecular weight is 341 g/mol. The molecule has 2 atom stereocenters. The molecule has 0 spiro atoms. The number of hydrogen-bond acceptors (Lipinski definition) is 3. The highest BCUT2D eigenvalue weighted by Crippen LogP contribution is 2.21. The zero-order valence-corrected chi connectivity index (χ0v) is 15.6. The number of aliphatic hydroxyl groups excluding tert-OH is 1. The third-order valence-electron chi connectivity index (χ3n) is 4.27. The van der Waals surface area contributed by atoms with Gasteiger partial charge in [-0.3, -0.25) is 0 Å². The van der Waals surface area contributed by atoms with Crippen LogP contribution in [-0.2, 0) is 6.42 Å². The van der Waals surface area contributed by atoms with Crippen molar-refractivity contribution >= 4 is 0 Å². The lowest BCUT2D eigenvalue weighted by atomic mass is 10.0. The number of hydrogen-bond donors (Lipinski definition) is 2. The first-order chi connectivity index (χ1) is 12.1. The molecule has 3 nitrogen and oxygen atoms in total. The number of nitrogens with one attached hydrogen (secondary N) is 1. The Bertz CT molecular complexity index is 595. The van der Waals surface area contributed by atoms with Gasteiger partial charge in [0.25, 0.3) is 0 Å². The van der Waals surface area contributed by atoms with Gasteiger partial charge in [-0.05, 0) is 69.8 Å². The zero-order chi connectivity index (χ0) is 18.1. The Morgan fingerprint density at radius 1 is 0.920 bits per heavy atom. The molecule has 0 bridgehead atoms. The first-order valence-electron chi connectivity index (χ1n) is 9.28. The summed E-state index contributed by atoms with van der Waals surface area (Å²) in [6.45, 7) is 6.96. The standard InChI is InChI=1S/C22H31NO2/c1-17(2)25-21-14-12-20(13-15-21)22(24)18(3)23-16-8-7-11-19-9-5-4-6-10-19/h4-6,9-10,12-15,17-18,22-24H,7-8,11,16H2,1-3H3/t18-,22+/m1/s1. The van der Waals surface area contributed by atoms with Gasteiger partial charge in [-0.15, -0.1) is 0 Å². The molecule has 3 heteroatoms. The predicted molar refractivity (Wildman–Crippen MR) is 104 cm³/mol. The molecule has 2 aromatic carbocycles. The molecular weight excluding hydrogens is 310 g/mol. The Morgan fingerprint density at radius 3 is 2.24 bits per heavy atom. The molecule has 136 valence electrons. The first kappa shape index (κ1) is 19.5. The van der Waals surface area contributed by atoms with Crippen molar-refractivity contribution < 1.29 is 9.84 Å². The molecule has 25 heavy (non-hydrogen) atoms. The van der Waals surface area contributed by atoms with E-state index >= 15 is 0 Å². The Morgan fingerprint density at radius 2 is 1.60 bits per heavy atom. The highest BCUT2D eigenvalue weighted by Gasteiger charge is 2.15. The molecule has 2 rings (SSSR count). The molecule has 0 amide bonds. The molecule has 2 aromatic rings. The lowest BCUT2D eigenvalue weighted by molar-refractivity contribution is 0.136. The molecule has 0 aromatic heterocycles. The van der Waals surface area contributed by atoms with E-state index in [1.54, 1.807) is 0 Å². The zero-order valence-electron chi connectivity index (χ0n) is 15.6. The number of aliphatic hydroxyl groups is 1. The second-order valence-electron chi connectivity index (χ2n) is 6.87. The monoisotopic (exact) mass is 341 g/mol. The minimum absolute atomic E-state index is 0.0218. The molecule has 0 saturated carbocycles. The second kappa shape index (κ2) is 10.2. The van der Waals surface area contributed by atoms with Crippen LogP contribution in [0.5, 0.6) is 5.75 Å². The summed E-state index contributed by atoms with van der Waals surface area (Å²) in [4.78, 5) is 0. The lowest BCUT2D eigenvalue weighted by Crippen LogP contribution is -2.32. The predicted octanol–water partition coefficient (Wildman–Crippen LogP) is 4.51. The summed E-state index contributed by atoms with van der Waals surface area (Å²) >= 11 is 0. The molecule has 0 saturated heterocycles. The fourth-order valence-corrected chi connectivity index (χ4v) is 2.84. The molecular formula is C22H31NO2. The van der Waals surface area contributed by atoms with E-state index in [4.69, 9.17) is 4.74 Å². The van der Waals surface area contributed by atoms with Crippen molar-refractivity contribution in [3.8, 4) is 5.75 Å². The van der Waals surface area contributed by atoms with Crippen LogP contribution in [-0.4, -0.2) is 23.8 Å². The Labute approximate surface area is 152 Å². The van der Waals surface area contributed by atoms with Crippen molar-refractivity contribution in [1.29, 1.82) is 0 Å². The van der Waals surface area contributed by atoms with Gasteiger partial charge in [-0.25, -0.2) is 0 Å². The maximum Gasteiger partial charge on any atom is 0.119 e. The molecule has 0 aliphatic heterocycles. The summed E-state index contributed by atoms with van der Waals surface area (Å²) in [7, 11) is 0. The SMILES string of the molecule is CC(C)Oc1ccc([C@@H](O)[C@@H](C)NCCCCc2ccccc2)cc1. The fourth-order valence-electron chi connectivity index (χ4n) is 2.84. The lowest BCUT2D eigenvalue weighted by Gasteiger charge is -2.21. The fraction of sp³-hybridized carbons (Fsp3) is 0.455. The molecule has 0 heterocycles. The van der Waals surface area contributed by atoms with Crippen LogP contribution in [0.2, 0.25) is 0 Å². The summed E-state index contributed by atoms with van der Waals surface area (Å²) < 4.78 is 5.64. The van der Waals surface area contributed by atoms with Crippen molar-refractivity contribution in [1.82, 2.24) is 5.32 Å². The number of ether oxygens (including phenoxy) is 1. The summed E-state index contributed by atoms with van der Waals surface area (Å²) in [6.07, 6.45) is 3.01. The summed E-state index contributed by atoms with van der Waals surface area (Å²) in [5.41, 5.74) is 2.31. The summed E-state index contributed by atoms with van der Waals surface area (Å²) in [6, 6.07) is 18.3. The third kappa shape index (κ3) is 6.89. The highest BCUT2D eigenvalue weighted by molar-refractivity contribution is 5.29. The molecule has 0 aliphatic carbocycles. The van der Waals surface area contributed by atoms with Crippen LogP contribution in [0.15, 0.2) is 54.6 Å².